The molecule has 0 spiro atoms. The highest BCUT2D eigenvalue weighted by atomic mass is 16.5. The van der Waals surface area contributed by atoms with Gasteiger partial charge < -0.3 is 29.3 Å². The smallest absolute Gasteiger partial charge is 0.275 e. The second kappa shape index (κ2) is 8.98. The van der Waals surface area contributed by atoms with Crippen LogP contribution in [-0.2, 0) is 11.3 Å². The third-order valence-corrected chi connectivity index (χ3v) is 3.86. The number of rotatable bonds is 9. The maximum absolute atomic E-state index is 12.1. The van der Waals surface area contributed by atoms with E-state index in [2.05, 4.69) is 5.32 Å². The Morgan fingerprint density at radius 2 is 1.88 bits per heavy atom. The zero-order valence-corrected chi connectivity index (χ0v) is 15.0. The number of nitrogens with two attached hydrogens (primary N) is 1. The summed E-state index contributed by atoms with van der Waals surface area (Å²) in [5.41, 5.74) is 0.863. The van der Waals surface area contributed by atoms with Crippen LogP contribution in [0.1, 0.15) is 24.3 Å². The molecule has 0 unspecified atom stereocenters. The van der Waals surface area contributed by atoms with Gasteiger partial charge in [0.1, 0.15) is 6.04 Å². The molecule has 0 saturated heterocycles. The van der Waals surface area contributed by atoms with E-state index in [0.717, 1.165) is 11.3 Å². The quantitative estimate of drug-likeness (QED) is 0.711. The fourth-order valence-electron chi connectivity index (χ4n) is 2.46. The molecule has 1 heterocycles. The van der Waals surface area contributed by atoms with Crippen molar-refractivity contribution in [3.63, 3.8) is 0 Å². The molecule has 0 fully saturated rings. The van der Waals surface area contributed by atoms with Crippen LogP contribution in [0.5, 0.6) is 17.2 Å². The summed E-state index contributed by atoms with van der Waals surface area (Å²) in [4.78, 5) is 12.1. The second-order valence-electron chi connectivity index (χ2n) is 5.55. The highest BCUT2D eigenvalue weighted by Crippen LogP contribution is 2.38. The van der Waals surface area contributed by atoms with Crippen molar-refractivity contribution in [2.45, 2.75) is 19.5 Å². The topological polar surface area (TPSA) is 86.5 Å². The molecule has 2 aromatic rings. The minimum absolute atomic E-state index is 0.0628. The number of hydrogen-bond acceptors (Lipinski definition) is 5. The predicted octanol–water partition coefficient (Wildman–Crippen LogP) is 1.25. The van der Waals surface area contributed by atoms with Gasteiger partial charge in [-0.15, -0.1) is 0 Å². The summed E-state index contributed by atoms with van der Waals surface area (Å²) in [5.74, 6) is 2.43. The number of benzene rings is 1. The number of nitrogens with one attached hydrogen (secondary N) is 1. The fraction of sp³-hybridized carbons (Fsp3) is 0.389. The van der Waals surface area contributed by atoms with Gasteiger partial charge in [0.05, 0.1) is 27.6 Å². The van der Waals surface area contributed by atoms with Gasteiger partial charge in [0.2, 0.25) is 5.75 Å². The molecule has 2 rings (SSSR count). The largest absolute Gasteiger partial charge is 0.493 e. The van der Waals surface area contributed by atoms with E-state index in [1.165, 1.54) is 0 Å². The standard InChI is InChI=1S/C18H24N2O5/c1-12(14-6-5-7-25-14)19-11-17(21)20-10-13-8-15(22-2)18(24-4)16(9-13)23-3/h5-9,12,19H,10-11H2,1-4H3,(H,20,21)/p+1/t12-/m1/s1. The van der Waals surface area contributed by atoms with Crippen molar-refractivity contribution in [1.82, 2.24) is 5.32 Å². The van der Waals surface area contributed by atoms with Crippen molar-refractivity contribution in [3.05, 3.63) is 41.9 Å². The number of carbonyl (C=O) groups excluding carboxylic acids is 1. The van der Waals surface area contributed by atoms with Crippen molar-refractivity contribution in [3.8, 4) is 17.2 Å². The summed E-state index contributed by atoms with van der Waals surface area (Å²) in [7, 11) is 4.67. The normalized spacial score (nSPS) is 11.7. The van der Waals surface area contributed by atoms with Crippen LogP contribution in [0.3, 0.4) is 0 Å². The highest BCUT2D eigenvalue weighted by molar-refractivity contribution is 5.76. The van der Waals surface area contributed by atoms with Crippen molar-refractivity contribution in [2.75, 3.05) is 27.9 Å². The molecule has 1 amide bonds. The van der Waals surface area contributed by atoms with Crippen LogP contribution in [0.25, 0.3) is 0 Å². The van der Waals surface area contributed by atoms with Gasteiger partial charge in [-0.25, -0.2) is 0 Å². The van der Waals surface area contributed by atoms with Crippen LogP contribution in [0.2, 0.25) is 0 Å². The summed E-state index contributed by atoms with van der Waals surface area (Å²) < 4.78 is 21.2. The lowest BCUT2D eigenvalue weighted by Crippen LogP contribution is -2.86. The molecule has 0 aliphatic heterocycles. The Bertz CT molecular complexity index is 660. The number of quaternary nitrogens is 1. The Balaban J connectivity index is 1.90. The number of hydrogen-bond donors (Lipinski definition) is 2. The van der Waals surface area contributed by atoms with Gasteiger partial charge in [0.25, 0.3) is 5.91 Å². The number of methoxy groups -OCH3 is 3. The van der Waals surface area contributed by atoms with Gasteiger partial charge in [0.15, 0.2) is 23.8 Å². The minimum atomic E-state index is -0.0628. The SMILES string of the molecule is COc1cc(CNC(=O)C[NH2+][C@H](C)c2ccco2)cc(OC)c1OC. The maximum Gasteiger partial charge on any atom is 0.275 e. The Morgan fingerprint density at radius 3 is 2.40 bits per heavy atom. The molecule has 7 heteroatoms. The van der Waals surface area contributed by atoms with Gasteiger partial charge >= 0.3 is 0 Å². The van der Waals surface area contributed by atoms with E-state index in [4.69, 9.17) is 18.6 Å². The Kier molecular flexibility index (Phi) is 6.71. The molecular formula is C18H25N2O5+. The van der Waals surface area contributed by atoms with E-state index < -0.39 is 0 Å². The van der Waals surface area contributed by atoms with Crippen LogP contribution < -0.4 is 24.8 Å². The Morgan fingerprint density at radius 1 is 1.20 bits per heavy atom. The van der Waals surface area contributed by atoms with Crippen LogP contribution in [0, 0.1) is 0 Å². The third-order valence-electron chi connectivity index (χ3n) is 3.86. The first-order chi connectivity index (χ1) is 12.1. The monoisotopic (exact) mass is 349 g/mol. The molecule has 1 atom stereocenters. The van der Waals surface area contributed by atoms with E-state index in [9.17, 15) is 4.79 Å². The molecule has 0 aliphatic rings. The maximum atomic E-state index is 12.1. The molecule has 1 aromatic carbocycles. The number of furan rings is 1. The molecule has 3 N–H and O–H groups in total. The molecule has 0 saturated carbocycles. The average Bonchev–Trinajstić information content (AvgIpc) is 3.18. The first-order valence-corrected chi connectivity index (χ1v) is 8.01. The molecule has 1 aromatic heterocycles. The first kappa shape index (κ1) is 18.7. The van der Waals surface area contributed by atoms with Crippen molar-refractivity contribution < 1.29 is 28.7 Å². The van der Waals surface area contributed by atoms with Crippen molar-refractivity contribution in [2.24, 2.45) is 0 Å². The van der Waals surface area contributed by atoms with Crippen molar-refractivity contribution in [1.29, 1.82) is 0 Å². The van der Waals surface area contributed by atoms with Gasteiger partial charge in [-0.2, -0.15) is 0 Å². The predicted molar refractivity (Wildman–Crippen MR) is 91.9 cm³/mol. The van der Waals surface area contributed by atoms with Crippen LogP contribution >= 0.6 is 0 Å². The van der Waals surface area contributed by atoms with Gasteiger partial charge in [-0.3, -0.25) is 4.79 Å². The summed E-state index contributed by atoms with van der Waals surface area (Å²) in [5, 5.41) is 4.81. The lowest BCUT2D eigenvalue weighted by atomic mass is 10.1. The molecule has 136 valence electrons. The van der Waals surface area contributed by atoms with Crippen LogP contribution in [0.15, 0.2) is 34.9 Å². The molecule has 0 bridgehead atoms. The summed E-state index contributed by atoms with van der Waals surface area (Å²) in [6.45, 7) is 2.68. The molecule has 25 heavy (non-hydrogen) atoms. The van der Waals surface area contributed by atoms with Crippen molar-refractivity contribution >= 4 is 5.91 Å². The van der Waals surface area contributed by atoms with Gasteiger partial charge in [-0.1, -0.05) is 0 Å². The zero-order chi connectivity index (χ0) is 18.2. The lowest BCUT2D eigenvalue weighted by molar-refractivity contribution is -0.684. The van der Waals surface area contributed by atoms with Crippen LogP contribution in [-0.4, -0.2) is 33.8 Å². The fourth-order valence-corrected chi connectivity index (χ4v) is 2.46. The number of amides is 1. The number of carbonyl (C=O) groups is 1. The lowest BCUT2D eigenvalue weighted by Gasteiger charge is -2.14. The second-order valence-corrected chi connectivity index (χ2v) is 5.55. The molecular weight excluding hydrogens is 324 g/mol. The Hall–Kier alpha value is -2.67. The molecule has 0 radical (unpaired) electrons. The highest BCUT2D eigenvalue weighted by Gasteiger charge is 2.15. The number of ether oxygens (including phenoxy) is 3. The zero-order valence-electron chi connectivity index (χ0n) is 15.0. The van der Waals surface area contributed by atoms with E-state index in [-0.39, 0.29) is 11.9 Å². The summed E-state index contributed by atoms with van der Waals surface area (Å²) in [6.07, 6.45) is 1.63. The average molecular weight is 349 g/mol. The summed E-state index contributed by atoms with van der Waals surface area (Å²) >= 11 is 0. The first-order valence-electron chi connectivity index (χ1n) is 8.01. The van der Waals surface area contributed by atoms with Crippen LogP contribution in [0.4, 0.5) is 0 Å². The Labute approximate surface area is 147 Å². The van der Waals surface area contributed by atoms with E-state index in [1.807, 2.05) is 36.5 Å². The molecule has 7 nitrogen and oxygen atoms in total. The summed E-state index contributed by atoms with van der Waals surface area (Å²) in [6, 6.07) is 7.45. The van der Waals surface area contributed by atoms with E-state index >= 15 is 0 Å². The van der Waals surface area contributed by atoms with E-state index in [1.54, 1.807) is 27.6 Å². The van der Waals surface area contributed by atoms with Gasteiger partial charge in [0, 0.05) is 6.54 Å². The van der Waals surface area contributed by atoms with Gasteiger partial charge in [-0.05, 0) is 36.8 Å². The van der Waals surface area contributed by atoms with E-state index in [0.29, 0.717) is 30.3 Å². The molecule has 0 aliphatic carbocycles. The third kappa shape index (κ3) is 4.90. The minimum Gasteiger partial charge on any atom is -0.493 e.